The van der Waals surface area contributed by atoms with E-state index in [0.717, 1.165) is 0 Å². The van der Waals surface area contributed by atoms with E-state index in [1.54, 1.807) is 13.8 Å². The van der Waals surface area contributed by atoms with E-state index in [1.807, 2.05) is 0 Å². The lowest BCUT2D eigenvalue weighted by Gasteiger charge is -2.10. The highest BCUT2D eigenvalue weighted by molar-refractivity contribution is 7.39. The molecule has 0 rings (SSSR count). The summed E-state index contributed by atoms with van der Waals surface area (Å²) >= 11 is 0. The van der Waals surface area contributed by atoms with Gasteiger partial charge in [0.15, 0.2) is 33.4 Å². The van der Waals surface area contributed by atoms with Crippen LogP contribution in [-0.2, 0) is 9.13 Å². The molecule has 0 saturated heterocycles. The molecular formula is C6H19AlO4P2. The van der Waals surface area contributed by atoms with Crippen molar-refractivity contribution >= 4 is 33.4 Å². The second-order valence-corrected chi connectivity index (χ2v) is 6.38. The molecule has 80 valence electrons. The summed E-state index contributed by atoms with van der Waals surface area (Å²) in [6.07, 6.45) is 1.10. The van der Waals surface area contributed by atoms with Gasteiger partial charge >= 0.3 is 0 Å². The van der Waals surface area contributed by atoms with E-state index in [2.05, 4.69) is 0 Å². The van der Waals surface area contributed by atoms with Crippen molar-refractivity contribution in [1.82, 2.24) is 0 Å². The first kappa shape index (κ1) is 16.3. The molecule has 0 bridgehead atoms. The molecule has 0 aliphatic heterocycles. The zero-order valence-electron chi connectivity index (χ0n) is 7.28. The molecule has 4 nitrogen and oxygen atoms in total. The van der Waals surface area contributed by atoms with Gasteiger partial charge in [-0.25, -0.2) is 0 Å². The first-order chi connectivity index (χ1) is 5.45. The van der Waals surface area contributed by atoms with Gasteiger partial charge in [-0.1, -0.05) is 13.8 Å². The van der Waals surface area contributed by atoms with E-state index in [9.17, 15) is 9.13 Å². The average Bonchev–Trinajstić information content (AvgIpc) is 1.98. The molecule has 0 spiro atoms. The summed E-state index contributed by atoms with van der Waals surface area (Å²) < 4.78 is 21.1. The number of rotatable bonds is 5. The smallest absolute Gasteiger partial charge is 0.191 e. The first-order valence-electron chi connectivity index (χ1n) is 3.90. The fraction of sp³-hybridized carbons (Fsp3) is 1.00. The van der Waals surface area contributed by atoms with Crippen molar-refractivity contribution in [2.75, 3.05) is 0 Å². The Morgan fingerprint density at radius 2 is 1.23 bits per heavy atom. The van der Waals surface area contributed by atoms with Gasteiger partial charge in [-0.2, -0.15) is 0 Å². The number of hydrogen-bond acceptors (Lipinski definition) is 2. The van der Waals surface area contributed by atoms with Gasteiger partial charge in [0.1, 0.15) is 0 Å². The molecule has 0 aliphatic rings. The van der Waals surface area contributed by atoms with Crippen LogP contribution >= 0.6 is 16.1 Å². The molecule has 13 heavy (non-hydrogen) atoms. The normalized spacial score (nSPS) is 19.7. The van der Waals surface area contributed by atoms with Crippen molar-refractivity contribution in [1.29, 1.82) is 0 Å². The molecule has 0 aromatic carbocycles. The summed E-state index contributed by atoms with van der Waals surface area (Å²) in [6, 6.07) is 0. The minimum Gasteiger partial charge on any atom is -0.346 e. The minimum atomic E-state index is -2.46. The van der Waals surface area contributed by atoms with Crippen LogP contribution in [0, 0.1) is 0 Å². The maximum Gasteiger partial charge on any atom is 0.191 e. The fourth-order valence-corrected chi connectivity index (χ4v) is 1.57. The van der Waals surface area contributed by atoms with Gasteiger partial charge in [0.2, 0.25) is 0 Å². The largest absolute Gasteiger partial charge is 0.346 e. The lowest BCUT2D eigenvalue weighted by Crippen LogP contribution is -2.02. The van der Waals surface area contributed by atoms with E-state index >= 15 is 0 Å². The van der Waals surface area contributed by atoms with Crippen LogP contribution < -0.4 is 0 Å². The third-order valence-electron chi connectivity index (χ3n) is 1.88. The third kappa shape index (κ3) is 7.94. The maximum absolute atomic E-state index is 10.5. The van der Waals surface area contributed by atoms with Crippen LogP contribution in [0.3, 0.4) is 0 Å². The lowest BCUT2D eigenvalue weighted by atomic mass is 10.2. The molecule has 0 saturated carbocycles. The lowest BCUT2D eigenvalue weighted by molar-refractivity contribution is 0.473. The SMILES string of the molecule is CC(CCC(C)[PH](=O)O)[PH](=O)O.[AlH3]. The van der Waals surface area contributed by atoms with Gasteiger partial charge in [0.05, 0.1) is 0 Å². The van der Waals surface area contributed by atoms with Crippen molar-refractivity contribution in [3.63, 3.8) is 0 Å². The molecule has 7 heteroatoms. The van der Waals surface area contributed by atoms with Gasteiger partial charge in [-0.3, -0.25) is 9.13 Å². The van der Waals surface area contributed by atoms with Crippen molar-refractivity contribution in [2.45, 2.75) is 38.0 Å². The Morgan fingerprint density at radius 1 is 1.00 bits per heavy atom. The molecule has 0 heterocycles. The summed E-state index contributed by atoms with van der Waals surface area (Å²) in [5.74, 6) is 0. The quantitative estimate of drug-likeness (QED) is 0.538. The Labute approximate surface area is 90.6 Å². The highest BCUT2D eigenvalue weighted by Crippen LogP contribution is 2.31. The van der Waals surface area contributed by atoms with E-state index in [-0.39, 0.29) is 28.7 Å². The highest BCUT2D eigenvalue weighted by Gasteiger charge is 2.12. The van der Waals surface area contributed by atoms with E-state index < -0.39 is 16.1 Å². The summed E-state index contributed by atoms with van der Waals surface area (Å²) in [7, 11) is -4.91. The van der Waals surface area contributed by atoms with Crippen molar-refractivity contribution < 1.29 is 18.9 Å². The summed E-state index contributed by atoms with van der Waals surface area (Å²) in [6.45, 7) is 3.37. The molecule has 0 aromatic rings. The van der Waals surface area contributed by atoms with Crippen LogP contribution in [-0.4, -0.2) is 38.5 Å². The van der Waals surface area contributed by atoms with Gasteiger partial charge in [0, 0.05) is 11.3 Å². The highest BCUT2D eigenvalue weighted by atomic mass is 31.1. The van der Waals surface area contributed by atoms with Crippen LogP contribution in [0.2, 0.25) is 0 Å². The van der Waals surface area contributed by atoms with Crippen LogP contribution in [0.25, 0.3) is 0 Å². The zero-order chi connectivity index (χ0) is 9.72. The Morgan fingerprint density at radius 3 is 1.38 bits per heavy atom. The van der Waals surface area contributed by atoms with E-state index in [4.69, 9.17) is 9.79 Å². The molecule has 0 radical (unpaired) electrons. The van der Waals surface area contributed by atoms with Gasteiger partial charge in [-0.05, 0) is 12.8 Å². The topological polar surface area (TPSA) is 74.6 Å². The molecule has 2 N–H and O–H groups in total. The van der Waals surface area contributed by atoms with Crippen LogP contribution in [0.15, 0.2) is 0 Å². The van der Waals surface area contributed by atoms with E-state index in [0.29, 0.717) is 12.8 Å². The second kappa shape index (κ2) is 8.24. The Balaban J connectivity index is 0. The summed E-state index contributed by atoms with van der Waals surface area (Å²) in [5.41, 5.74) is -0.474. The Hall–Kier alpha value is 0.912. The molecular weight excluding hydrogens is 225 g/mol. The second-order valence-electron chi connectivity index (χ2n) is 3.06. The summed E-state index contributed by atoms with van der Waals surface area (Å²) in [5, 5.41) is 0. The first-order valence-corrected chi connectivity index (χ1v) is 6.77. The Kier molecular flexibility index (Phi) is 10.4. The standard InChI is InChI=1S/C6H16O4P2.Al.3H/c1-5(11(7)8)3-4-6(2)12(9)10;;;;/h5-6,11-12H,3-4H2,1-2H3,(H,7,8)(H,9,10);;;;. The summed E-state index contributed by atoms with van der Waals surface area (Å²) in [4.78, 5) is 17.4. The van der Waals surface area contributed by atoms with Gasteiger partial charge in [-0.15, -0.1) is 0 Å². The molecule has 0 amide bonds. The molecule has 0 fully saturated rings. The van der Waals surface area contributed by atoms with Gasteiger partial charge in [0.25, 0.3) is 0 Å². The average molecular weight is 244 g/mol. The minimum absolute atomic E-state index is 0. The van der Waals surface area contributed by atoms with Crippen molar-refractivity contribution in [3.8, 4) is 0 Å². The molecule has 4 unspecified atom stereocenters. The molecule has 0 aromatic heterocycles. The van der Waals surface area contributed by atoms with Crippen LogP contribution in [0.1, 0.15) is 26.7 Å². The van der Waals surface area contributed by atoms with Crippen molar-refractivity contribution in [2.24, 2.45) is 0 Å². The van der Waals surface area contributed by atoms with Crippen LogP contribution in [0.5, 0.6) is 0 Å². The van der Waals surface area contributed by atoms with Crippen molar-refractivity contribution in [3.05, 3.63) is 0 Å². The maximum atomic E-state index is 10.5. The Bertz CT molecular complexity index is 167. The van der Waals surface area contributed by atoms with Gasteiger partial charge < -0.3 is 9.79 Å². The molecule has 4 atom stereocenters. The third-order valence-corrected chi connectivity index (χ3v) is 4.14. The fourth-order valence-electron chi connectivity index (χ4n) is 0.747. The number of hydrogen-bond donors (Lipinski definition) is 2. The monoisotopic (exact) mass is 244 g/mol. The molecule has 0 aliphatic carbocycles. The predicted molar refractivity (Wildman–Crippen MR) is 60.5 cm³/mol. The van der Waals surface area contributed by atoms with Crippen LogP contribution in [0.4, 0.5) is 0 Å². The van der Waals surface area contributed by atoms with E-state index in [1.165, 1.54) is 0 Å². The predicted octanol–water partition coefficient (Wildman–Crippen LogP) is 0.294. The zero-order valence-corrected chi connectivity index (χ0v) is 9.28.